The molecule has 14 heteroatoms. The van der Waals surface area contributed by atoms with Gasteiger partial charge in [0, 0.05) is 22.4 Å². The highest BCUT2D eigenvalue weighted by atomic mass is 32.2. The van der Waals surface area contributed by atoms with Crippen molar-refractivity contribution in [2.75, 3.05) is 11.6 Å². The molecule has 1 saturated carbocycles. The lowest BCUT2D eigenvalue weighted by Crippen LogP contribution is -2.33. The molecule has 1 aliphatic rings. The molecule has 2 heterocycles. The van der Waals surface area contributed by atoms with Gasteiger partial charge in [-0.1, -0.05) is 6.07 Å². The fourth-order valence-corrected chi connectivity index (χ4v) is 4.66. The Morgan fingerprint density at radius 3 is 2.39 bits per heavy atom. The van der Waals surface area contributed by atoms with Crippen LogP contribution in [0.25, 0.3) is 0 Å². The molecular formula is C24H22F3N7O3S. The summed E-state index contributed by atoms with van der Waals surface area (Å²) < 4.78 is 66.2. The number of nitriles is 1. The summed E-state index contributed by atoms with van der Waals surface area (Å²) in [5.41, 5.74) is -2.18. The number of nitrogens with one attached hydrogen (secondary N) is 2. The Morgan fingerprint density at radius 2 is 1.84 bits per heavy atom. The van der Waals surface area contributed by atoms with Crippen molar-refractivity contribution >= 4 is 21.3 Å². The Morgan fingerprint density at radius 1 is 1.16 bits per heavy atom. The van der Waals surface area contributed by atoms with Crippen LogP contribution < -0.4 is 10.1 Å². The molecule has 1 amide bonds. The number of amides is 1. The van der Waals surface area contributed by atoms with Crippen molar-refractivity contribution in [1.82, 2.24) is 20.4 Å². The number of aromatic nitrogens is 4. The molecule has 1 unspecified atom stereocenters. The summed E-state index contributed by atoms with van der Waals surface area (Å²) in [6, 6.07) is 9.49. The van der Waals surface area contributed by atoms with E-state index in [0.717, 1.165) is 13.3 Å². The molecule has 2 aromatic heterocycles. The number of anilines is 1. The third-order valence-corrected chi connectivity index (χ3v) is 7.42. The number of nitrogens with zero attached hydrogens (tertiary/aromatic N) is 5. The van der Waals surface area contributed by atoms with Gasteiger partial charge in [0.25, 0.3) is 11.8 Å². The van der Waals surface area contributed by atoms with Crippen molar-refractivity contribution in [3.8, 4) is 17.8 Å². The van der Waals surface area contributed by atoms with Gasteiger partial charge in [0.15, 0.2) is 5.69 Å². The molecule has 198 valence electrons. The van der Waals surface area contributed by atoms with Gasteiger partial charge in [-0.2, -0.15) is 23.5 Å². The number of carbonyl (C=O) groups is 1. The van der Waals surface area contributed by atoms with Crippen LogP contribution in [0.3, 0.4) is 0 Å². The minimum absolute atomic E-state index is 0.104. The largest absolute Gasteiger partial charge is 0.435 e. The van der Waals surface area contributed by atoms with Crippen molar-refractivity contribution in [3.63, 3.8) is 0 Å². The van der Waals surface area contributed by atoms with Gasteiger partial charge >= 0.3 is 6.18 Å². The van der Waals surface area contributed by atoms with Crippen molar-refractivity contribution in [2.45, 2.75) is 49.6 Å². The molecule has 1 atom stereocenters. The third-order valence-electron chi connectivity index (χ3n) is 6.27. The topological polar surface area (TPSA) is 155 Å². The lowest BCUT2D eigenvalue weighted by Gasteiger charge is -2.34. The predicted octanol–water partition coefficient (Wildman–Crippen LogP) is 4.93. The molecule has 38 heavy (non-hydrogen) atoms. The maximum absolute atomic E-state index is 13.6. The van der Waals surface area contributed by atoms with E-state index in [1.54, 1.807) is 13.0 Å². The molecule has 0 radical (unpaired) electrons. The predicted molar refractivity (Wildman–Crippen MR) is 129 cm³/mol. The highest BCUT2D eigenvalue weighted by Crippen LogP contribution is 2.43. The minimum Gasteiger partial charge on any atom is -0.416 e. The SMILES string of the molecule is Cc1cc(C2(C#N)CCC2)nnc1Oc1nnc(C(F)(F)F)c(C)c1C(=O)Nc1cccc(S(C)(=N)=O)c1. The molecule has 0 aliphatic heterocycles. The molecule has 1 fully saturated rings. The molecule has 10 nitrogen and oxygen atoms in total. The van der Waals surface area contributed by atoms with E-state index in [9.17, 15) is 27.4 Å². The Bertz CT molecular complexity index is 1580. The molecule has 1 aliphatic carbocycles. The smallest absolute Gasteiger partial charge is 0.416 e. The molecule has 0 bridgehead atoms. The van der Waals surface area contributed by atoms with Gasteiger partial charge in [0.1, 0.15) is 11.0 Å². The van der Waals surface area contributed by atoms with E-state index in [1.807, 2.05) is 0 Å². The monoisotopic (exact) mass is 545 g/mol. The average molecular weight is 546 g/mol. The van der Waals surface area contributed by atoms with Crippen LogP contribution in [-0.4, -0.2) is 36.8 Å². The van der Waals surface area contributed by atoms with Crippen LogP contribution in [0, 0.1) is 30.0 Å². The van der Waals surface area contributed by atoms with Gasteiger partial charge in [-0.25, -0.2) is 8.99 Å². The van der Waals surface area contributed by atoms with E-state index >= 15 is 0 Å². The number of rotatable bonds is 6. The van der Waals surface area contributed by atoms with Crippen LogP contribution in [-0.2, 0) is 21.3 Å². The second-order valence-corrected chi connectivity index (χ2v) is 11.2. The molecule has 1 aromatic carbocycles. The Labute approximate surface area is 216 Å². The van der Waals surface area contributed by atoms with Crippen LogP contribution >= 0.6 is 0 Å². The number of aryl methyl sites for hydroxylation is 1. The molecule has 4 rings (SSSR count). The number of hydrogen-bond acceptors (Lipinski definition) is 9. The highest BCUT2D eigenvalue weighted by molar-refractivity contribution is 7.91. The summed E-state index contributed by atoms with van der Waals surface area (Å²) in [6.07, 6.45) is -1.54. The summed E-state index contributed by atoms with van der Waals surface area (Å²) in [5.74, 6) is -1.65. The van der Waals surface area contributed by atoms with E-state index in [2.05, 4.69) is 31.8 Å². The van der Waals surface area contributed by atoms with Gasteiger partial charge in [-0.05, 0) is 62.9 Å². The van der Waals surface area contributed by atoms with Crippen LogP contribution in [0.15, 0.2) is 35.2 Å². The number of benzene rings is 1. The number of carbonyl (C=O) groups excluding carboxylic acids is 1. The first kappa shape index (κ1) is 26.9. The van der Waals surface area contributed by atoms with Gasteiger partial charge in [0.2, 0.25) is 5.88 Å². The molecule has 2 N–H and O–H groups in total. The van der Waals surface area contributed by atoms with E-state index in [1.165, 1.54) is 30.5 Å². The minimum atomic E-state index is -4.89. The van der Waals surface area contributed by atoms with Gasteiger partial charge in [-0.3, -0.25) is 4.79 Å². The van der Waals surface area contributed by atoms with Crippen molar-refractivity contribution in [1.29, 1.82) is 10.0 Å². The van der Waals surface area contributed by atoms with Crippen molar-refractivity contribution in [3.05, 3.63) is 58.4 Å². The summed E-state index contributed by atoms with van der Waals surface area (Å²) in [7, 11) is -3.11. The van der Waals surface area contributed by atoms with E-state index in [-0.39, 0.29) is 16.5 Å². The zero-order valence-electron chi connectivity index (χ0n) is 20.5. The van der Waals surface area contributed by atoms with E-state index in [4.69, 9.17) is 9.52 Å². The third kappa shape index (κ3) is 5.14. The first-order valence-electron chi connectivity index (χ1n) is 11.3. The number of hydrogen-bond donors (Lipinski definition) is 2. The van der Waals surface area contributed by atoms with Crippen molar-refractivity contribution < 1.29 is 26.9 Å². The number of alkyl halides is 3. The number of ether oxygens (including phenoxy) is 1. The lowest BCUT2D eigenvalue weighted by atomic mass is 9.67. The summed E-state index contributed by atoms with van der Waals surface area (Å²) >= 11 is 0. The Hall–Kier alpha value is -4.12. The second-order valence-electron chi connectivity index (χ2n) is 9.04. The maximum Gasteiger partial charge on any atom is 0.435 e. The van der Waals surface area contributed by atoms with Crippen molar-refractivity contribution in [2.24, 2.45) is 0 Å². The van der Waals surface area contributed by atoms with Gasteiger partial charge < -0.3 is 10.1 Å². The van der Waals surface area contributed by atoms with Gasteiger partial charge in [0.05, 0.1) is 21.5 Å². The summed E-state index contributed by atoms with van der Waals surface area (Å²) in [6.45, 7) is 2.68. The zero-order valence-corrected chi connectivity index (χ0v) is 21.3. The fourth-order valence-electron chi connectivity index (χ4n) is 3.97. The molecular weight excluding hydrogens is 523 g/mol. The highest BCUT2D eigenvalue weighted by Gasteiger charge is 2.41. The molecule has 3 aromatic rings. The second kappa shape index (κ2) is 9.64. The van der Waals surface area contributed by atoms with Crippen LogP contribution in [0.1, 0.15) is 52.1 Å². The standard InChI is InChI=1S/C24H22F3N7O3S/c1-13-10-17(23(12-28)8-5-9-23)31-33-21(13)37-22-18(14(2)19(32-34-22)24(25,26)27)20(35)30-15-6-4-7-16(11-15)38(3,29)36/h4,6-7,10-11,29H,5,8-9H2,1-3H3,(H,30,35). The van der Waals surface area contributed by atoms with Crippen LogP contribution in [0.2, 0.25) is 0 Å². The number of halogens is 3. The summed E-state index contributed by atoms with van der Waals surface area (Å²) in [5, 5.41) is 26.8. The fraction of sp³-hybridized carbons (Fsp3) is 0.333. The first-order valence-corrected chi connectivity index (χ1v) is 13.3. The average Bonchev–Trinajstić information content (AvgIpc) is 2.79. The van der Waals surface area contributed by atoms with Gasteiger partial charge in [-0.15, -0.1) is 15.3 Å². The Balaban J connectivity index is 1.73. The molecule has 0 spiro atoms. The quantitative estimate of drug-likeness (QED) is 0.442. The van der Waals surface area contributed by atoms with Crippen LogP contribution in [0.5, 0.6) is 11.8 Å². The first-order chi connectivity index (χ1) is 17.7. The maximum atomic E-state index is 13.6. The van der Waals surface area contributed by atoms with E-state index in [0.29, 0.717) is 24.1 Å². The lowest BCUT2D eigenvalue weighted by molar-refractivity contribution is -0.142. The van der Waals surface area contributed by atoms with Crippen LogP contribution in [0.4, 0.5) is 18.9 Å². The van der Waals surface area contributed by atoms with E-state index < -0.39 is 49.9 Å². The zero-order chi connectivity index (χ0) is 27.9. The summed E-state index contributed by atoms with van der Waals surface area (Å²) in [4.78, 5) is 13.4. The normalized spacial score (nSPS) is 16.0. The molecule has 0 saturated heterocycles. The Kier molecular flexibility index (Phi) is 6.83.